The van der Waals surface area contributed by atoms with Crippen LogP contribution in [0.5, 0.6) is 17.2 Å². The van der Waals surface area contributed by atoms with Gasteiger partial charge in [-0.2, -0.15) is 5.26 Å². The predicted molar refractivity (Wildman–Crippen MR) is 88.3 cm³/mol. The van der Waals surface area contributed by atoms with Crippen LogP contribution in [0.3, 0.4) is 0 Å². The highest BCUT2D eigenvalue weighted by Gasteiger charge is 2.34. The minimum Gasteiger partial charge on any atom is -0.504 e. The molecule has 1 aromatic heterocycles. The summed E-state index contributed by atoms with van der Waals surface area (Å²) in [6.45, 7) is 3.76. The molecule has 0 spiro atoms. The first-order chi connectivity index (χ1) is 12.0. The van der Waals surface area contributed by atoms with E-state index in [-0.39, 0.29) is 34.3 Å². The van der Waals surface area contributed by atoms with Crippen LogP contribution in [-0.2, 0) is 0 Å². The molecule has 1 aromatic carbocycles. The summed E-state index contributed by atoms with van der Waals surface area (Å²) in [5.74, 6) is -0.0103. The zero-order chi connectivity index (χ0) is 18.1. The van der Waals surface area contributed by atoms with Gasteiger partial charge in [-0.3, -0.25) is 0 Å². The highest BCUT2D eigenvalue weighted by Crippen LogP contribution is 2.42. The second kappa shape index (κ2) is 6.24. The van der Waals surface area contributed by atoms with E-state index in [1.807, 2.05) is 6.07 Å². The number of allylic oxidation sites excluding steroid dienone is 1. The normalized spacial score (nSPS) is 16.0. The zero-order valence-corrected chi connectivity index (χ0v) is 13.7. The number of ether oxygens (including phenoxy) is 2. The Bertz CT molecular complexity index is 968. The lowest BCUT2D eigenvalue weighted by molar-refractivity contribution is 0.317. The minimum absolute atomic E-state index is 0.0377. The van der Waals surface area contributed by atoms with Crippen LogP contribution in [0.1, 0.15) is 29.7 Å². The first-order valence-electron chi connectivity index (χ1n) is 7.64. The monoisotopic (exact) mass is 340 g/mol. The number of nitrogens with two attached hydrogens (primary N) is 1. The number of nitrogens with zero attached hydrogens (tertiary/aromatic N) is 1. The van der Waals surface area contributed by atoms with Gasteiger partial charge in [0.25, 0.3) is 0 Å². The van der Waals surface area contributed by atoms with Gasteiger partial charge in [-0.05, 0) is 31.5 Å². The van der Waals surface area contributed by atoms with Crippen LogP contribution in [-0.4, -0.2) is 11.7 Å². The molecule has 0 bridgehead atoms. The van der Waals surface area contributed by atoms with Gasteiger partial charge in [-0.1, -0.05) is 6.07 Å². The van der Waals surface area contributed by atoms with Crippen molar-refractivity contribution in [3.8, 4) is 23.3 Å². The number of hydrogen-bond acceptors (Lipinski definition) is 7. The second-order valence-corrected chi connectivity index (χ2v) is 5.51. The molecule has 2 heterocycles. The van der Waals surface area contributed by atoms with Crippen molar-refractivity contribution in [2.75, 3.05) is 6.61 Å². The summed E-state index contributed by atoms with van der Waals surface area (Å²) >= 11 is 0. The van der Waals surface area contributed by atoms with Gasteiger partial charge >= 0.3 is 5.63 Å². The molecular weight excluding hydrogens is 324 g/mol. The SMILES string of the molecule is CCOc1cc([C@@H]2C(C#N)=C(N)Oc3cc(C)oc(=O)c32)ccc1O. The maximum atomic E-state index is 12.4. The van der Waals surface area contributed by atoms with Gasteiger partial charge in [-0.15, -0.1) is 0 Å². The van der Waals surface area contributed by atoms with Crippen molar-refractivity contribution in [3.05, 3.63) is 63.0 Å². The van der Waals surface area contributed by atoms with Crippen molar-refractivity contribution < 1.29 is 19.0 Å². The van der Waals surface area contributed by atoms with Gasteiger partial charge in [0.05, 0.1) is 18.1 Å². The van der Waals surface area contributed by atoms with Crippen LogP contribution in [0.25, 0.3) is 0 Å². The molecule has 0 aliphatic carbocycles. The van der Waals surface area contributed by atoms with E-state index >= 15 is 0 Å². The Kier molecular flexibility index (Phi) is 4.11. The molecule has 0 amide bonds. The highest BCUT2D eigenvalue weighted by atomic mass is 16.5. The summed E-state index contributed by atoms with van der Waals surface area (Å²) < 4.78 is 16.0. The van der Waals surface area contributed by atoms with E-state index < -0.39 is 11.5 Å². The van der Waals surface area contributed by atoms with Crippen LogP contribution >= 0.6 is 0 Å². The Morgan fingerprint density at radius 2 is 2.16 bits per heavy atom. The van der Waals surface area contributed by atoms with Crippen molar-refractivity contribution in [2.45, 2.75) is 19.8 Å². The van der Waals surface area contributed by atoms with Crippen molar-refractivity contribution in [1.29, 1.82) is 5.26 Å². The number of phenolic OH excluding ortho intramolecular Hbond substituents is 1. The van der Waals surface area contributed by atoms with Crippen molar-refractivity contribution >= 4 is 0 Å². The molecule has 1 atom stereocenters. The molecular formula is C18H16N2O5. The number of benzene rings is 1. The third-order valence-electron chi connectivity index (χ3n) is 3.87. The average Bonchev–Trinajstić information content (AvgIpc) is 2.55. The summed E-state index contributed by atoms with van der Waals surface area (Å²) in [5, 5.41) is 19.4. The Morgan fingerprint density at radius 3 is 2.84 bits per heavy atom. The number of aryl methyl sites for hydroxylation is 1. The molecule has 3 N–H and O–H groups in total. The molecule has 7 heteroatoms. The number of fused-ring (bicyclic) bond motifs is 1. The molecule has 1 aliphatic heterocycles. The topological polar surface area (TPSA) is 119 Å². The number of phenols is 1. The Balaban J connectivity index is 2.26. The van der Waals surface area contributed by atoms with Crippen LogP contribution in [0, 0.1) is 18.3 Å². The molecule has 0 unspecified atom stereocenters. The van der Waals surface area contributed by atoms with Crippen molar-refractivity contribution in [2.24, 2.45) is 5.73 Å². The molecule has 0 radical (unpaired) electrons. The Morgan fingerprint density at radius 1 is 1.40 bits per heavy atom. The van der Waals surface area contributed by atoms with E-state index in [2.05, 4.69) is 0 Å². The summed E-state index contributed by atoms with van der Waals surface area (Å²) in [4.78, 5) is 12.4. The minimum atomic E-state index is -0.773. The molecule has 25 heavy (non-hydrogen) atoms. The van der Waals surface area contributed by atoms with E-state index in [1.165, 1.54) is 6.07 Å². The first kappa shape index (κ1) is 16.5. The molecule has 128 valence electrons. The summed E-state index contributed by atoms with van der Waals surface area (Å²) in [7, 11) is 0. The second-order valence-electron chi connectivity index (χ2n) is 5.51. The summed E-state index contributed by atoms with van der Waals surface area (Å²) in [6, 6.07) is 8.16. The van der Waals surface area contributed by atoms with Crippen LogP contribution < -0.4 is 20.8 Å². The van der Waals surface area contributed by atoms with E-state index in [9.17, 15) is 15.2 Å². The number of aromatic hydroxyl groups is 1. The maximum absolute atomic E-state index is 12.4. The van der Waals surface area contributed by atoms with Crippen LogP contribution in [0.4, 0.5) is 0 Å². The van der Waals surface area contributed by atoms with Crippen molar-refractivity contribution in [3.63, 3.8) is 0 Å². The van der Waals surface area contributed by atoms with Gasteiger partial charge in [0.15, 0.2) is 11.5 Å². The largest absolute Gasteiger partial charge is 0.504 e. The lowest BCUT2D eigenvalue weighted by Gasteiger charge is -2.25. The van der Waals surface area contributed by atoms with Gasteiger partial charge < -0.3 is 24.7 Å². The number of hydrogen-bond donors (Lipinski definition) is 2. The molecule has 0 saturated carbocycles. The van der Waals surface area contributed by atoms with E-state index in [1.54, 1.807) is 32.0 Å². The average molecular weight is 340 g/mol. The van der Waals surface area contributed by atoms with Gasteiger partial charge in [0, 0.05) is 6.07 Å². The number of rotatable bonds is 3. The number of nitriles is 1. The quantitative estimate of drug-likeness (QED) is 0.879. The van der Waals surface area contributed by atoms with Gasteiger partial charge in [0.2, 0.25) is 5.88 Å². The Hall–Kier alpha value is -3.40. The summed E-state index contributed by atoms with van der Waals surface area (Å²) in [6.07, 6.45) is 0. The van der Waals surface area contributed by atoms with E-state index in [4.69, 9.17) is 19.6 Å². The summed E-state index contributed by atoms with van der Waals surface area (Å²) in [5.41, 5.74) is 6.11. The van der Waals surface area contributed by atoms with Crippen molar-refractivity contribution in [1.82, 2.24) is 0 Å². The highest BCUT2D eigenvalue weighted by molar-refractivity contribution is 5.56. The molecule has 0 fully saturated rings. The van der Waals surface area contributed by atoms with Crippen LogP contribution in [0.15, 0.2) is 44.9 Å². The molecule has 7 nitrogen and oxygen atoms in total. The first-order valence-corrected chi connectivity index (χ1v) is 7.64. The lowest BCUT2D eigenvalue weighted by Crippen LogP contribution is -2.26. The van der Waals surface area contributed by atoms with Crippen LogP contribution in [0.2, 0.25) is 0 Å². The molecule has 3 rings (SSSR count). The van der Waals surface area contributed by atoms with E-state index in [0.717, 1.165) is 0 Å². The van der Waals surface area contributed by atoms with Gasteiger partial charge in [0.1, 0.15) is 23.2 Å². The third kappa shape index (κ3) is 2.78. The molecule has 2 aromatic rings. The molecule has 0 saturated heterocycles. The predicted octanol–water partition coefficient (Wildman–Crippen LogP) is 2.27. The van der Waals surface area contributed by atoms with Gasteiger partial charge in [-0.25, -0.2) is 4.79 Å². The standard InChI is InChI=1S/C18H16N2O5/c1-3-23-13-7-10(4-5-12(13)21)15-11(8-19)17(20)25-14-6-9(2)24-18(22)16(14)15/h4-7,15,21H,3,20H2,1-2H3/t15-/m1/s1. The smallest absolute Gasteiger partial charge is 0.343 e. The lowest BCUT2D eigenvalue weighted by atomic mass is 9.84. The fraction of sp³-hybridized carbons (Fsp3) is 0.222. The van der Waals surface area contributed by atoms with E-state index in [0.29, 0.717) is 17.9 Å². The maximum Gasteiger partial charge on any atom is 0.343 e. The fourth-order valence-corrected chi connectivity index (χ4v) is 2.83. The fourth-order valence-electron chi connectivity index (χ4n) is 2.83. The molecule has 1 aliphatic rings. The third-order valence-corrected chi connectivity index (χ3v) is 3.87. The zero-order valence-electron chi connectivity index (χ0n) is 13.7. The Labute approximate surface area is 143 Å².